The second kappa shape index (κ2) is 10.5. The van der Waals surface area contributed by atoms with E-state index in [0.29, 0.717) is 0 Å². The molecule has 1 N–H and O–H groups in total. The molecular formula is C31H32GeO3. The average Bonchev–Trinajstić information content (AvgIpc) is 2.86. The molecule has 0 aliphatic rings. The van der Waals surface area contributed by atoms with Crippen LogP contribution in [0.25, 0.3) is 0 Å². The first-order chi connectivity index (χ1) is 16.8. The molecule has 1 atom stereocenters. The van der Waals surface area contributed by atoms with Crippen molar-refractivity contribution in [3.05, 3.63) is 119 Å². The number of hydrogen-bond donors (Lipinski definition) is 1. The van der Waals surface area contributed by atoms with E-state index in [1.165, 1.54) is 29.9 Å². The van der Waals surface area contributed by atoms with Gasteiger partial charge in [0.1, 0.15) is 0 Å². The number of methoxy groups -OCH3 is 1. The van der Waals surface area contributed by atoms with E-state index in [9.17, 15) is 9.90 Å². The summed E-state index contributed by atoms with van der Waals surface area (Å²) in [5.41, 5.74) is 4.61. The van der Waals surface area contributed by atoms with E-state index < -0.39 is 19.2 Å². The van der Waals surface area contributed by atoms with Gasteiger partial charge in [-0.1, -0.05) is 0 Å². The quantitative estimate of drug-likeness (QED) is 0.334. The first kappa shape index (κ1) is 24.8. The van der Waals surface area contributed by atoms with Crippen LogP contribution in [0.5, 0.6) is 5.75 Å². The number of carboxylic acid groups (broad SMARTS) is 1. The van der Waals surface area contributed by atoms with Crippen LogP contribution in [0.4, 0.5) is 0 Å². The second-order valence-electron chi connectivity index (χ2n) is 9.33. The molecule has 0 heterocycles. The number of benzene rings is 4. The number of ether oxygens (including phenoxy) is 1. The van der Waals surface area contributed by atoms with E-state index in [1.54, 1.807) is 7.11 Å². The van der Waals surface area contributed by atoms with E-state index in [-0.39, 0.29) is 11.2 Å². The van der Waals surface area contributed by atoms with Gasteiger partial charge < -0.3 is 0 Å². The predicted octanol–water partition coefficient (Wildman–Crippen LogP) is 4.89. The fourth-order valence-electron chi connectivity index (χ4n) is 5.08. The molecule has 4 heteroatoms. The molecule has 0 amide bonds. The van der Waals surface area contributed by atoms with Gasteiger partial charge in [-0.3, -0.25) is 0 Å². The zero-order valence-electron chi connectivity index (χ0n) is 20.8. The molecule has 35 heavy (non-hydrogen) atoms. The summed E-state index contributed by atoms with van der Waals surface area (Å²) in [4.78, 5) is 12.4. The van der Waals surface area contributed by atoms with Crippen LogP contribution in [0.3, 0.4) is 0 Å². The number of carboxylic acids is 1. The standard InChI is InChI=1S/C31H32GeO3/c1-22-5-13-26(14-6-22)32(27-15-7-23(2)8-16-27,28-17-9-24(3)10-18-28)30(21-31(33)34)25-11-19-29(35-4)20-12-25/h5-20,30H,21H2,1-4H3,(H,33,34). The van der Waals surface area contributed by atoms with Gasteiger partial charge in [0.15, 0.2) is 0 Å². The summed E-state index contributed by atoms with van der Waals surface area (Å²) in [6.45, 7) is 6.28. The fourth-order valence-corrected chi connectivity index (χ4v) is 16.5. The van der Waals surface area contributed by atoms with Crippen molar-refractivity contribution in [2.75, 3.05) is 7.11 Å². The van der Waals surface area contributed by atoms with E-state index in [4.69, 9.17) is 4.74 Å². The van der Waals surface area contributed by atoms with E-state index in [0.717, 1.165) is 11.3 Å². The van der Waals surface area contributed by atoms with Crippen molar-refractivity contribution in [2.45, 2.75) is 31.9 Å². The van der Waals surface area contributed by atoms with Gasteiger partial charge in [0, 0.05) is 0 Å². The molecular weight excluding hydrogens is 493 g/mol. The Labute approximate surface area is 210 Å². The van der Waals surface area contributed by atoms with Crippen molar-refractivity contribution in [1.29, 1.82) is 0 Å². The number of hydrogen-bond acceptors (Lipinski definition) is 2. The first-order valence-electron chi connectivity index (χ1n) is 11.9. The molecule has 4 aromatic rings. The Kier molecular flexibility index (Phi) is 7.46. The van der Waals surface area contributed by atoms with Crippen LogP contribution < -0.4 is 17.9 Å². The number of aliphatic carboxylic acids is 1. The van der Waals surface area contributed by atoms with Crippen molar-refractivity contribution in [3.63, 3.8) is 0 Å². The zero-order valence-corrected chi connectivity index (χ0v) is 22.9. The minimum absolute atomic E-state index is 0.0575. The molecule has 4 rings (SSSR count). The maximum atomic E-state index is 12.4. The average molecular weight is 525 g/mol. The van der Waals surface area contributed by atoms with Crippen molar-refractivity contribution in [2.24, 2.45) is 0 Å². The van der Waals surface area contributed by atoms with E-state index >= 15 is 0 Å². The Bertz CT molecular complexity index is 1160. The van der Waals surface area contributed by atoms with Gasteiger partial charge in [0.05, 0.1) is 0 Å². The van der Waals surface area contributed by atoms with Crippen molar-refractivity contribution in [3.8, 4) is 5.75 Å². The van der Waals surface area contributed by atoms with Crippen molar-refractivity contribution in [1.82, 2.24) is 0 Å². The Hall–Kier alpha value is -3.31. The summed E-state index contributed by atoms with van der Waals surface area (Å²) >= 11 is -3.63. The summed E-state index contributed by atoms with van der Waals surface area (Å²) in [7, 11) is 1.65. The molecule has 0 aliphatic carbocycles. The van der Waals surface area contributed by atoms with Gasteiger partial charge in [-0.05, 0) is 0 Å². The first-order valence-corrected chi connectivity index (χ1v) is 16.3. The maximum absolute atomic E-state index is 12.4. The number of rotatable bonds is 8. The summed E-state index contributed by atoms with van der Waals surface area (Å²) in [6.07, 6.45) is 0.0575. The van der Waals surface area contributed by atoms with Crippen LogP contribution in [0, 0.1) is 20.8 Å². The number of aryl methyl sites for hydroxylation is 3. The Balaban J connectivity index is 2.11. The Morgan fingerprint density at radius 1 is 0.686 bits per heavy atom. The molecule has 0 radical (unpaired) electrons. The molecule has 0 aliphatic heterocycles. The molecule has 1 unspecified atom stereocenters. The van der Waals surface area contributed by atoms with Crippen LogP contribution in [0.15, 0.2) is 97.1 Å². The third-order valence-corrected chi connectivity index (χ3v) is 18.1. The summed E-state index contributed by atoms with van der Waals surface area (Å²) in [5.74, 6) is -0.0194. The topological polar surface area (TPSA) is 46.5 Å². The van der Waals surface area contributed by atoms with E-state index in [1.807, 2.05) is 24.3 Å². The number of carbonyl (C=O) groups is 1. The second-order valence-corrected chi connectivity index (χ2v) is 17.8. The van der Waals surface area contributed by atoms with Gasteiger partial charge in [0.2, 0.25) is 0 Å². The predicted molar refractivity (Wildman–Crippen MR) is 146 cm³/mol. The third-order valence-electron chi connectivity index (χ3n) is 6.94. The Morgan fingerprint density at radius 2 is 1.06 bits per heavy atom. The minimum atomic E-state index is -3.63. The van der Waals surface area contributed by atoms with Crippen LogP contribution in [-0.2, 0) is 4.79 Å². The zero-order chi connectivity index (χ0) is 25.0. The molecule has 0 fully saturated rings. The van der Waals surface area contributed by atoms with Gasteiger partial charge >= 0.3 is 211 Å². The summed E-state index contributed by atoms with van der Waals surface area (Å²) in [6, 6.07) is 34.3. The van der Waals surface area contributed by atoms with Gasteiger partial charge in [-0.2, -0.15) is 0 Å². The molecule has 0 spiro atoms. The van der Waals surface area contributed by atoms with Gasteiger partial charge in [-0.15, -0.1) is 0 Å². The SMILES string of the molecule is COc1ccc([CH](CC(=O)O)[Ge]([c]2ccc(C)cc2)([c]2ccc(C)cc2)[c]2ccc(C)cc2)cc1. The summed E-state index contributed by atoms with van der Waals surface area (Å²) < 4.78 is 9.00. The van der Waals surface area contributed by atoms with Gasteiger partial charge in [-0.25, -0.2) is 0 Å². The third kappa shape index (κ3) is 5.06. The molecule has 0 bridgehead atoms. The molecule has 4 aromatic carbocycles. The monoisotopic (exact) mass is 526 g/mol. The van der Waals surface area contributed by atoms with Gasteiger partial charge in [0.25, 0.3) is 0 Å². The van der Waals surface area contributed by atoms with Crippen LogP contribution in [-0.4, -0.2) is 31.5 Å². The fraction of sp³-hybridized carbons (Fsp3) is 0.194. The van der Waals surface area contributed by atoms with Crippen LogP contribution >= 0.6 is 0 Å². The summed E-state index contributed by atoms with van der Waals surface area (Å²) in [5, 5.41) is 10.2. The molecule has 0 saturated heterocycles. The molecule has 0 saturated carbocycles. The molecule has 178 valence electrons. The van der Waals surface area contributed by atoms with Crippen LogP contribution in [0.2, 0.25) is 0 Å². The van der Waals surface area contributed by atoms with E-state index in [2.05, 4.69) is 93.6 Å². The van der Waals surface area contributed by atoms with Crippen molar-refractivity contribution < 1.29 is 14.6 Å². The Morgan fingerprint density at radius 3 is 1.37 bits per heavy atom. The molecule has 3 nitrogen and oxygen atoms in total. The van der Waals surface area contributed by atoms with Crippen molar-refractivity contribution >= 4 is 32.4 Å². The molecule has 0 aromatic heterocycles. The van der Waals surface area contributed by atoms with Crippen LogP contribution in [0.1, 0.15) is 33.4 Å². The normalized spacial score (nSPS) is 12.2.